The molecule has 3 heteroatoms. The van der Waals surface area contributed by atoms with Crippen LogP contribution in [0.15, 0.2) is 24.3 Å². The minimum absolute atomic E-state index is 0.425. The second-order valence-corrected chi connectivity index (χ2v) is 5.45. The van der Waals surface area contributed by atoms with Gasteiger partial charge in [-0.3, -0.25) is 0 Å². The number of rotatable bonds is 7. The van der Waals surface area contributed by atoms with Gasteiger partial charge in [-0.25, -0.2) is 4.98 Å². The topological polar surface area (TPSA) is 29.9 Å². The molecule has 2 aromatic rings. The number of aryl methyl sites for hydroxylation is 1. The molecule has 2 atom stereocenters. The lowest BCUT2D eigenvalue weighted by atomic mass is 10.1. The predicted molar refractivity (Wildman–Crippen MR) is 86.2 cm³/mol. The summed E-state index contributed by atoms with van der Waals surface area (Å²) in [5.74, 6) is 1.19. The summed E-state index contributed by atoms with van der Waals surface area (Å²) in [5.41, 5.74) is 2.37. The summed E-state index contributed by atoms with van der Waals surface area (Å²) >= 11 is 0. The fraction of sp³-hybridized carbons (Fsp3) is 0.588. The van der Waals surface area contributed by atoms with Gasteiger partial charge < -0.3 is 9.88 Å². The van der Waals surface area contributed by atoms with Crippen LogP contribution in [-0.4, -0.2) is 22.1 Å². The molecule has 0 bridgehead atoms. The average Bonchev–Trinajstić information content (AvgIpc) is 2.86. The second kappa shape index (κ2) is 6.89. The first-order chi connectivity index (χ1) is 9.72. The number of nitrogens with one attached hydrogen (secondary N) is 1. The van der Waals surface area contributed by atoms with Crippen molar-refractivity contribution in [3.8, 4) is 0 Å². The molecule has 2 unspecified atom stereocenters. The Kier molecular flexibility index (Phi) is 5.18. The summed E-state index contributed by atoms with van der Waals surface area (Å²) in [6.07, 6.45) is 3.29. The second-order valence-electron chi connectivity index (χ2n) is 5.45. The first-order valence-electron chi connectivity index (χ1n) is 7.92. The van der Waals surface area contributed by atoms with E-state index < -0.39 is 0 Å². The third-order valence-electron chi connectivity index (χ3n) is 4.07. The fourth-order valence-electron chi connectivity index (χ4n) is 2.96. The van der Waals surface area contributed by atoms with E-state index in [-0.39, 0.29) is 0 Å². The summed E-state index contributed by atoms with van der Waals surface area (Å²) < 4.78 is 2.42. The van der Waals surface area contributed by atoms with Gasteiger partial charge in [0.05, 0.1) is 11.0 Å². The van der Waals surface area contributed by atoms with Crippen molar-refractivity contribution in [3.63, 3.8) is 0 Å². The summed E-state index contributed by atoms with van der Waals surface area (Å²) in [5, 5.41) is 3.67. The lowest BCUT2D eigenvalue weighted by Gasteiger charge is -2.27. The Morgan fingerprint density at radius 1 is 1.20 bits per heavy atom. The summed E-state index contributed by atoms with van der Waals surface area (Å²) in [4.78, 5) is 4.78. The molecule has 1 aromatic carbocycles. The van der Waals surface area contributed by atoms with Gasteiger partial charge >= 0.3 is 0 Å². The van der Waals surface area contributed by atoms with Gasteiger partial charge in [0.2, 0.25) is 0 Å². The molecule has 20 heavy (non-hydrogen) atoms. The van der Waals surface area contributed by atoms with Crippen molar-refractivity contribution in [1.29, 1.82) is 0 Å². The Morgan fingerprint density at radius 3 is 2.60 bits per heavy atom. The van der Waals surface area contributed by atoms with Crippen LogP contribution in [0.4, 0.5) is 0 Å². The van der Waals surface area contributed by atoms with Crippen molar-refractivity contribution in [2.75, 3.05) is 6.54 Å². The molecule has 0 fully saturated rings. The number of benzene rings is 1. The number of nitrogens with zero attached hydrogens (tertiary/aromatic N) is 2. The molecule has 0 aliphatic rings. The highest BCUT2D eigenvalue weighted by Crippen LogP contribution is 2.24. The van der Waals surface area contributed by atoms with E-state index in [4.69, 9.17) is 4.98 Å². The molecule has 110 valence electrons. The molecule has 3 nitrogen and oxygen atoms in total. The molecular weight excluding hydrogens is 246 g/mol. The number of hydrogen-bond donors (Lipinski definition) is 1. The van der Waals surface area contributed by atoms with E-state index in [0.29, 0.717) is 12.1 Å². The first-order valence-corrected chi connectivity index (χ1v) is 7.92. The molecule has 0 spiro atoms. The average molecular weight is 273 g/mol. The van der Waals surface area contributed by atoms with E-state index in [1.165, 1.54) is 17.8 Å². The van der Waals surface area contributed by atoms with Crippen LogP contribution in [0.3, 0.4) is 0 Å². The lowest BCUT2D eigenvalue weighted by Crippen LogP contribution is -2.36. The van der Waals surface area contributed by atoms with Gasteiger partial charge in [-0.05, 0) is 38.4 Å². The largest absolute Gasteiger partial charge is 0.324 e. The van der Waals surface area contributed by atoms with Crippen molar-refractivity contribution >= 4 is 11.0 Å². The molecule has 0 aliphatic carbocycles. The van der Waals surface area contributed by atoms with Crippen LogP contribution in [0.1, 0.15) is 52.4 Å². The zero-order valence-corrected chi connectivity index (χ0v) is 13.2. The third-order valence-corrected chi connectivity index (χ3v) is 4.07. The maximum atomic E-state index is 4.78. The van der Waals surface area contributed by atoms with E-state index in [1.54, 1.807) is 0 Å². The molecule has 0 saturated carbocycles. The normalized spacial score (nSPS) is 14.6. The van der Waals surface area contributed by atoms with Gasteiger partial charge in [-0.1, -0.05) is 32.9 Å². The number of para-hydroxylation sites is 2. The minimum atomic E-state index is 0.425. The highest BCUT2D eigenvalue weighted by atomic mass is 15.1. The van der Waals surface area contributed by atoms with Crippen LogP contribution in [0.2, 0.25) is 0 Å². The molecule has 0 saturated heterocycles. The van der Waals surface area contributed by atoms with Crippen LogP contribution in [-0.2, 0) is 6.42 Å². The van der Waals surface area contributed by atoms with E-state index >= 15 is 0 Å². The van der Waals surface area contributed by atoms with Crippen LogP contribution < -0.4 is 5.32 Å². The summed E-state index contributed by atoms with van der Waals surface area (Å²) in [7, 11) is 0. The van der Waals surface area contributed by atoms with Gasteiger partial charge in [0.15, 0.2) is 0 Å². The Labute approximate surface area is 122 Å². The zero-order valence-electron chi connectivity index (χ0n) is 13.2. The summed E-state index contributed by atoms with van der Waals surface area (Å²) in [6.45, 7) is 10.1. The molecule has 0 radical (unpaired) electrons. The Bertz CT molecular complexity index is 544. The minimum Gasteiger partial charge on any atom is -0.324 e. The molecular formula is C17H27N3. The third kappa shape index (κ3) is 2.88. The van der Waals surface area contributed by atoms with Crippen molar-refractivity contribution in [1.82, 2.24) is 14.9 Å². The molecule has 1 heterocycles. The zero-order chi connectivity index (χ0) is 14.5. The van der Waals surface area contributed by atoms with Gasteiger partial charge in [0.1, 0.15) is 5.82 Å². The lowest BCUT2D eigenvalue weighted by molar-refractivity contribution is 0.361. The van der Waals surface area contributed by atoms with E-state index in [9.17, 15) is 0 Å². The van der Waals surface area contributed by atoms with Crippen molar-refractivity contribution in [2.45, 2.75) is 59.0 Å². The van der Waals surface area contributed by atoms with E-state index in [0.717, 1.165) is 24.9 Å². The number of hydrogen-bond acceptors (Lipinski definition) is 2. The Hall–Kier alpha value is -1.35. The first kappa shape index (κ1) is 15.0. The quantitative estimate of drug-likeness (QED) is 0.828. The standard InChI is InChI=1S/C17H27N3/c1-5-12-18-14(6-2)13(4)20-16-11-9-8-10-15(16)19-17(20)7-3/h8-11,13-14,18H,5-7,12H2,1-4H3. The Morgan fingerprint density at radius 2 is 1.95 bits per heavy atom. The SMILES string of the molecule is CCCNC(CC)C(C)n1c(CC)nc2ccccc21. The molecule has 0 amide bonds. The maximum absolute atomic E-state index is 4.78. The van der Waals surface area contributed by atoms with E-state index in [1.807, 2.05) is 0 Å². The maximum Gasteiger partial charge on any atom is 0.109 e. The van der Waals surface area contributed by atoms with Gasteiger partial charge in [-0.2, -0.15) is 0 Å². The van der Waals surface area contributed by atoms with Crippen molar-refractivity contribution in [3.05, 3.63) is 30.1 Å². The van der Waals surface area contributed by atoms with Crippen LogP contribution in [0, 0.1) is 0 Å². The summed E-state index contributed by atoms with van der Waals surface area (Å²) in [6, 6.07) is 9.39. The number of imidazole rings is 1. The predicted octanol–water partition coefficient (Wildman–Crippen LogP) is 3.94. The fourth-order valence-corrected chi connectivity index (χ4v) is 2.96. The highest BCUT2D eigenvalue weighted by molar-refractivity contribution is 5.76. The van der Waals surface area contributed by atoms with Gasteiger partial charge in [0.25, 0.3) is 0 Å². The molecule has 0 aliphatic heterocycles. The van der Waals surface area contributed by atoms with Crippen LogP contribution in [0.25, 0.3) is 11.0 Å². The molecule has 1 aromatic heterocycles. The smallest absolute Gasteiger partial charge is 0.109 e. The van der Waals surface area contributed by atoms with E-state index in [2.05, 4.69) is 61.8 Å². The number of fused-ring (bicyclic) bond motifs is 1. The van der Waals surface area contributed by atoms with Crippen molar-refractivity contribution in [2.24, 2.45) is 0 Å². The monoisotopic (exact) mass is 273 g/mol. The molecule has 1 N–H and O–H groups in total. The van der Waals surface area contributed by atoms with Crippen LogP contribution in [0.5, 0.6) is 0 Å². The van der Waals surface area contributed by atoms with Crippen molar-refractivity contribution < 1.29 is 0 Å². The number of aromatic nitrogens is 2. The Balaban J connectivity index is 2.38. The molecule has 2 rings (SSSR count). The van der Waals surface area contributed by atoms with Gasteiger partial charge in [-0.15, -0.1) is 0 Å². The van der Waals surface area contributed by atoms with Gasteiger partial charge in [0, 0.05) is 18.5 Å². The van der Waals surface area contributed by atoms with Crippen LogP contribution >= 0.6 is 0 Å². The highest BCUT2D eigenvalue weighted by Gasteiger charge is 2.21.